The van der Waals surface area contributed by atoms with Crippen molar-refractivity contribution >= 4 is 10.8 Å². The highest BCUT2D eigenvalue weighted by Crippen LogP contribution is 1.70. The van der Waals surface area contributed by atoms with E-state index in [2.05, 4.69) is 0 Å². The number of rotatable bonds is 2. The topological polar surface area (TPSA) is 43.1 Å². The third-order valence-electron chi connectivity index (χ3n) is 0.508. The Morgan fingerprint density at radius 1 is 1.83 bits per heavy atom. The van der Waals surface area contributed by atoms with E-state index in [0.29, 0.717) is 11.6 Å². The highest BCUT2D eigenvalue weighted by molar-refractivity contribution is 7.84. The molecule has 0 amide bonds. The average Bonchev–Trinajstić information content (AvgIpc) is 1.65. The molecule has 1 unspecified atom stereocenters. The Morgan fingerprint density at radius 2 is 2.33 bits per heavy atom. The predicted octanol–water partition coefficient (Wildman–Crippen LogP) is -0.329. The van der Waals surface area contributed by atoms with Gasteiger partial charge >= 0.3 is 0 Å². The van der Waals surface area contributed by atoms with Gasteiger partial charge in [0.05, 0.1) is 5.88 Å². The fraction of sp³-hybridized carbons (Fsp3) is 1.00. The molecule has 2 N–H and O–H groups in total. The van der Waals surface area contributed by atoms with Crippen LogP contribution in [0.5, 0.6) is 0 Å². The lowest BCUT2D eigenvalue weighted by Gasteiger charge is -1.84. The van der Waals surface area contributed by atoms with Crippen LogP contribution in [0, 0.1) is 0 Å². The first-order valence-electron chi connectivity index (χ1n) is 1.86. The zero-order valence-corrected chi connectivity index (χ0v) is 4.62. The van der Waals surface area contributed by atoms with Crippen molar-refractivity contribution in [1.29, 1.82) is 0 Å². The van der Waals surface area contributed by atoms with Crippen LogP contribution in [0.3, 0.4) is 0 Å². The van der Waals surface area contributed by atoms with Crippen molar-refractivity contribution in [2.24, 2.45) is 5.73 Å². The number of nitrogens with two attached hydrogens (primary N) is 1. The largest absolute Gasteiger partial charge is 0.320 e. The van der Waals surface area contributed by atoms with Gasteiger partial charge in [-0.3, -0.25) is 4.21 Å². The van der Waals surface area contributed by atoms with Crippen LogP contribution in [-0.4, -0.2) is 15.8 Å². The highest BCUT2D eigenvalue weighted by atomic mass is 32.2. The first kappa shape index (κ1) is 6.11. The molecule has 38 valence electrons. The minimum absolute atomic E-state index is 0.302. The fourth-order valence-corrected chi connectivity index (χ4v) is 0.354. The molecular formula is C3H9NOS. The summed E-state index contributed by atoms with van der Waals surface area (Å²) >= 11 is 0. The lowest BCUT2D eigenvalue weighted by atomic mass is 11.0. The van der Waals surface area contributed by atoms with E-state index in [1.54, 1.807) is 0 Å². The number of hydrogen-bond acceptors (Lipinski definition) is 2. The van der Waals surface area contributed by atoms with Crippen LogP contribution in [0.15, 0.2) is 0 Å². The molecule has 0 saturated carbocycles. The molecule has 0 rings (SSSR count). The van der Waals surface area contributed by atoms with E-state index in [9.17, 15) is 4.21 Å². The van der Waals surface area contributed by atoms with E-state index in [1.807, 2.05) is 6.92 Å². The van der Waals surface area contributed by atoms with Gasteiger partial charge in [0, 0.05) is 16.6 Å². The summed E-state index contributed by atoms with van der Waals surface area (Å²) in [6.07, 6.45) is 0. The summed E-state index contributed by atoms with van der Waals surface area (Å²) < 4.78 is 10.2. The van der Waals surface area contributed by atoms with Gasteiger partial charge in [0.2, 0.25) is 0 Å². The van der Waals surface area contributed by atoms with Gasteiger partial charge in [-0.1, -0.05) is 6.92 Å². The van der Waals surface area contributed by atoms with E-state index in [-0.39, 0.29) is 0 Å². The molecule has 0 aromatic rings. The summed E-state index contributed by atoms with van der Waals surface area (Å²) in [7, 11) is -0.756. The van der Waals surface area contributed by atoms with Gasteiger partial charge in [-0.15, -0.1) is 0 Å². The molecule has 0 saturated heterocycles. The maximum atomic E-state index is 10.2. The van der Waals surface area contributed by atoms with Gasteiger partial charge in [0.25, 0.3) is 0 Å². The molecule has 6 heavy (non-hydrogen) atoms. The molecule has 0 bridgehead atoms. The molecule has 0 aromatic heterocycles. The molecule has 1 atom stereocenters. The molecule has 3 heteroatoms. The van der Waals surface area contributed by atoms with E-state index >= 15 is 0 Å². The third kappa shape index (κ3) is 2.35. The molecular weight excluding hydrogens is 98.1 g/mol. The maximum absolute atomic E-state index is 10.2. The van der Waals surface area contributed by atoms with Gasteiger partial charge in [-0.25, -0.2) is 0 Å². The van der Waals surface area contributed by atoms with E-state index in [4.69, 9.17) is 5.73 Å². The lowest BCUT2D eigenvalue weighted by molar-refractivity contribution is 0.684. The SMILES string of the molecule is CCS(=O)CN. The van der Waals surface area contributed by atoms with Crippen molar-refractivity contribution in [2.45, 2.75) is 6.92 Å². The molecule has 0 aliphatic carbocycles. The number of hydrogen-bond donors (Lipinski definition) is 1. The summed E-state index contributed by atoms with van der Waals surface area (Å²) in [6, 6.07) is 0. The zero-order chi connectivity index (χ0) is 4.99. The summed E-state index contributed by atoms with van der Waals surface area (Å²) in [5.74, 6) is 0.979. The van der Waals surface area contributed by atoms with Crippen LogP contribution in [0.4, 0.5) is 0 Å². The van der Waals surface area contributed by atoms with Crippen molar-refractivity contribution in [3.8, 4) is 0 Å². The van der Waals surface area contributed by atoms with Crippen molar-refractivity contribution in [3.63, 3.8) is 0 Å². The summed E-state index contributed by atoms with van der Waals surface area (Å²) in [5, 5.41) is 0. The first-order chi connectivity index (χ1) is 2.81. The predicted molar refractivity (Wildman–Crippen MR) is 27.7 cm³/mol. The lowest BCUT2D eigenvalue weighted by Crippen LogP contribution is -2.07. The zero-order valence-electron chi connectivity index (χ0n) is 3.81. The van der Waals surface area contributed by atoms with Crippen molar-refractivity contribution < 1.29 is 4.21 Å². The first-order valence-corrected chi connectivity index (χ1v) is 3.35. The standard InChI is InChI=1S/C3H9NOS/c1-2-6(5)3-4/h2-4H2,1H3. The van der Waals surface area contributed by atoms with E-state index in [0.717, 1.165) is 0 Å². The maximum Gasteiger partial charge on any atom is 0.0697 e. The summed E-state index contributed by atoms with van der Waals surface area (Å²) in [5.41, 5.74) is 4.98. The van der Waals surface area contributed by atoms with Crippen molar-refractivity contribution in [2.75, 3.05) is 11.6 Å². The second-order valence-corrected chi connectivity index (χ2v) is 2.69. The molecule has 0 heterocycles. The van der Waals surface area contributed by atoms with E-state index < -0.39 is 10.8 Å². The van der Waals surface area contributed by atoms with Gasteiger partial charge < -0.3 is 5.73 Å². The second kappa shape index (κ2) is 3.31. The normalized spacial score (nSPS) is 14.3. The second-order valence-electron chi connectivity index (χ2n) is 0.895. The Labute approximate surface area is 40.2 Å². The Morgan fingerprint density at radius 3 is 2.33 bits per heavy atom. The monoisotopic (exact) mass is 107 g/mol. The van der Waals surface area contributed by atoms with Crippen molar-refractivity contribution in [1.82, 2.24) is 0 Å². The molecule has 0 aliphatic rings. The Balaban J connectivity index is 2.99. The Hall–Kier alpha value is 0.110. The van der Waals surface area contributed by atoms with E-state index in [1.165, 1.54) is 0 Å². The van der Waals surface area contributed by atoms with Gasteiger partial charge in [-0.05, 0) is 0 Å². The van der Waals surface area contributed by atoms with Crippen LogP contribution in [0.25, 0.3) is 0 Å². The third-order valence-corrected chi connectivity index (χ3v) is 1.52. The van der Waals surface area contributed by atoms with Crippen LogP contribution in [-0.2, 0) is 10.8 Å². The van der Waals surface area contributed by atoms with Crippen molar-refractivity contribution in [3.05, 3.63) is 0 Å². The Kier molecular flexibility index (Phi) is 3.37. The van der Waals surface area contributed by atoms with Gasteiger partial charge in [0.15, 0.2) is 0 Å². The smallest absolute Gasteiger partial charge is 0.0697 e. The minimum atomic E-state index is -0.756. The van der Waals surface area contributed by atoms with Crippen LogP contribution in [0.2, 0.25) is 0 Å². The van der Waals surface area contributed by atoms with Crippen LogP contribution < -0.4 is 5.73 Å². The van der Waals surface area contributed by atoms with Crippen LogP contribution >= 0.6 is 0 Å². The van der Waals surface area contributed by atoms with Gasteiger partial charge in [-0.2, -0.15) is 0 Å². The molecule has 0 aromatic carbocycles. The summed E-state index contributed by atoms with van der Waals surface area (Å²) in [4.78, 5) is 0. The summed E-state index contributed by atoms with van der Waals surface area (Å²) in [6.45, 7) is 1.85. The van der Waals surface area contributed by atoms with Crippen LogP contribution in [0.1, 0.15) is 6.92 Å². The quantitative estimate of drug-likeness (QED) is 0.525. The molecule has 2 nitrogen and oxygen atoms in total. The highest BCUT2D eigenvalue weighted by Gasteiger charge is 1.83. The average molecular weight is 107 g/mol. The molecule has 0 aliphatic heterocycles. The van der Waals surface area contributed by atoms with Gasteiger partial charge in [0.1, 0.15) is 0 Å². The minimum Gasteiger partial charge on any atom is -0.320 e. The Bertz CT molecular complexity index is 48.8. The fourth-order valence-electron chi connectivity index (χ4n) is 0.118. The molecule has 0 radical (unpaired) electrons. The molecule has 0 spiro atoms. The molecule has 0 fully saturated rings.